The van der Waals surface area contributed by atoms with E-state index in [1.165, 1.54) is 11.6 Å². The van der Waals surface area contributed by atoms with Gasteiger partial charge in [0, 0.05) is 6.08 Å². The first-order valence-corrected chi connectivity index (χ1v) is 7.32. The van der Waals surface area contributed by atoms with Crippen molar-refractivity contribution in [2.24, 2.45) is 0 Å². The molecular formula is C17H24O4. The maximum Gasteiger partial charge on any atom is 0.330 e. The number of hydrogen-bond donors (Lipinski definition) is 0. The van der Waals surface area contributed by atoms with Gasteiger partial charge in [0.15, 0.2) is 6.29 Å². The van der Waals surface area contributed by atoms with Crippen LogP contribution in [0.2, 0.25) is 0 Å². The van der Waals surface area contributed by atoms with Gasteiger partial charge in [-0.15, -0.1) is 0 Å². The number of rotatable bonds is 9. The third-order valence-corrected chi connectivity index (χ3v) is 2.75. The van der Waals surface area contributed by atoms with Crippen molar-refractivity contribution in [1.29, 1.82) is 0 Å². The Morgan fingerprint density at radius 1 is 1.24 bits per heavy atom. The molecule has 0 spiro atoms. The molecule has 4 nitrogen and oxygen atoms in total. The molecule has 1 atom stereocenters. The predicted octanol–water partition coefficient (Wildman–Crippen LogP) is 3.50. The standard InChI is InChI=1S/C17H24O4/c1-4-6-15-8-10-16(11-9-15)21-14(3)19-12-13-20-17(18)7-5-2/h5,7-11,14H,4,6,12-13H2,1-3H3. The number of ether oxygens (including phenoxy) is 3. The van der Waals surface area contributed by atoms with E-state index in [9.17, 15) is 4.79 Å². The van der Waals surface area contributed by atoms with Crippen molar-refractivity contribution in [1.82, 2.24) is 0 Å². The molecule has 21 heavy (non-hydrogen) atoms. The number of carbonyl (C=O) groups is 1. The van der Waals surface area contributed by atoms with E-state index in [4.69, 9.17) is 14.2 Å². The Kier molecular flexibility index (Phi) is 8.21. The minimum atomic E-state index is -0.387. The smallest absolute Gasteiger partial charge is 0.330 e. The highest BCUT2D eigenvalue weighted by Gasteiger charge is 2.05. The summed E-state index contributed by atoms with van der Waals surface area (Å²) in [6, 6.07) is 8.00. The predicted molar refractivity (Wildman–Crippen MR) is 82.3 cm³/mol. The normalized spacial score (nSPS) is 12.3. The molecule has 0 fully saturated rings. The molecule has 0 saturated heterocycles. The van der Waals surface area contributed by atoms with Gasteiger partial charge in [-0.25, -0.2) is 4.79 Å². The first-order valence-electron chi connectivity index (χ1n) is 7.32. The molecule has 0 saturated carbocycles. The molecule has 0 amide bonds. The fraction of sp³-hybridized carbons (Fsp3) is 0.471. The summed E-state index contributed by atoms with van der Waals surface area (Å²) in [4.78, 5) is 11.1. The summed E-state index contributed by atoms with van der Waals surface area (Å²) in [6.07, 6.45) is 4.83. The first-order chi connectivity index (χ1) is 10.2. The van der Waals surface area contributed by atoms with Crippen LogP contribution in [0.3, 0.4) is 0 Å². The van der Waals surface area contributed by atoms with Crippen LogP contribution in [0.1, 0.15) is 32.8 Å². The summed E-state index contributed by atoms with van der Waals surface area (Å²) in [5.41, 5.74) is 1.30. The molecule has 1 aromatic carbocycles. The van der Waals surface area contributed by atoms with E-state index in [0.29, 0.717) is 6.61 Å². The van der Waals surface area contributed by atoms with Crippen LogP contribution in [0.15, 0.2) is 36.4 Å². The molecule has 1 unspecified atom stereocenters. The molecule has 4 heteroatoms. The molecule has 1 aromatic rings. The lowest BCUT2D eigenvalue weighted by atomic mass is 10.1. The van der Waals surface area contributed by atoms with Gasteiger partial charge in [0.25, 0.3) is 0 Å². The Morgan fingerprint density at radius 3 is 2.57 bits per heavy atom. The van der Waals surface area contributed by atoms with Crippen molar-refractivity contribution in [3.8, 4) is 5.75 Å². The minimum Gasteiger partial charge on any atom is -0.465 e. The number of benzene rings is 1. The van der Waals surface area contributed by atoms with Gasteiger partial charge in [-0.05, 0) is 38.0 Å². The van der Waals surface area contributed by atoms with E-state index >= 15 is 0 Å². The van der Waals surface area contributed by atoms with Crippen LogP contribution in [0, 0.1) is 0 Å². The number of hydrogen-bond acceptors (Lipinski definition) is 4. The maximum absolute atomic E-state index is 11.1. The van der Waals surface area contributed by atoms with Crippen LogP contribution in [0.5, 0.6) is 5.75 Å². The SMILES string of the molecule is CC=CC(=O)OCCOC(C)Oc1ccc(CCC)cc1. The molecule has 0 radical (unpaired) electrons. The van der Waals surface area contributed by atoms with E-state index in [2.05, 4.69) is 19.1 Å². The van der Waals surface area contributed by atoms with E-state index in [0.717, 1.165) is 18.6 Å². The van der Waals surface area contributed by atoms with Crippen molar-refractivity contribution in [2.45, 2.75) is 39.9 Å². The van der Waals surface area contributed by atoms with Crippen molar-refractivity contribution >= 4 is 5.97 Å². The Morgan fingerprint density at radius 2 is 1.95 bits per heavy atom. The molecule has 0 aromatic heterocycles. The van der Waals surface area contributed by atoms with Crippen LogP contribution >= 0.6 is 0 Å². The highest BCUT2D eigenvalue weighted by Crippen LogP contribution is 2.15. The van der Waals surface area contributed by atoms with E-state index < -0.39 is 0 Å². The fourth-order valence-electron chi connectivity index (χ4n) is 1.79. The first kappa shape index (κ1) is 17.2. The molecule has 0 aliphatic rings. The van der Waals surface area contributed by atoms with Gasteiger partial charge in [-0.3, -0.25) is 0 Å². The van der Waals surface area contributed by atoms with Gasteiger partial charge in [-0.1, -0.05) is 31.6 Å². The van der Waals surface area contributed by atoms with Gasteiger partial charge in [0.2, 0.25) is 0 Å². The van der Waals surface area contributed by atoms with Crippen LogP contribution < -0.4 is 4.74 Å². The van der Waals surface area contributed by atoms with Gasteiger partial charge >= 0.3 is 5.97 Å². The lowest BCUT2D eigenvalue weighted by Gasteiger charge is -2.15. The topological polar surface area (TPSA) is 44.8 Å². The molecule has 0 heterocycles. The molecule has 0 bridgehead atoms. The second-order valence-corrected chi connectivity index (χ2v) is 4.62. The molecule has 0 aliphatic heterocycles. The van der Waals surface area contributed by atoms with Crippen molar-refractivity contribution < 1.29 is 19.0 Å². The summed E-state index contributed by atoms with van der Waals surface area (Å²) < 4.78 is 16.0. The third-order valence-electron chi connectivity index (χ3n) is 2.75. The van der Waals surface area contributed by atoms with E-state index in [1.807, 2.05) is 19.1 Å². The van der Waals surface area contributed by atoms with E-state index in [1.54, 1.807) is 13.0 Å². The van der Waals surface area contributed by atoms with Gasteiger partial charge in [-0.2, -0.15) is 0 Å². The average Bonchev–Trinajstić information content (AvgIpc) is 2.46. The lowest BCUT2D eigenvalue weighted by Crippen LogP contribution is -2.19. The van der Waals surface area contributed by atoms with Crippen LogP contribution in [0.4, 0.5) is 0 Å². The number of carbonyl (C=O) groups excluding carboxylic acids is 1. The Balaban J connectivity index is 2.23. The zero-order valence-electron chi connectivity index (χ0n) is 13.0. The third kappa shape index (κ3) is 7.51. The summed E-state index contributed by atoms with van der Waals surface area (Å²) in [5, 5.41) is 0. The second-order valence-electron chi connectivity index (χ2n) is 4.62. The van der Waals surface area contributed by atoms with Crippen LogP contribution in [-0.2, 0) is 20.7 Å². The van der Waals surface area contributed by atoms with Gasteiger partial charge < -0.3 is 14.2 Å². The highest BCUT2D eigenvalue weighted by molar-refractivity contribution is 5.81. The van der Waals surface area contributed by atoms with Crippen LogP contribution in [-0.4, -0.2) is 25.5 Å². The van der Waals surface area contributed by atoms with Gasteiger partial charge in [0.1, 0.15) is 12.4 Å². The fourth-order valence-corrected chi connectivity index (χ4v) is 1.79. The largest absolute Gasteiger partial charge is 0.465 e. The summed E-state index contributed by atoms with van der Waals surface area (Å²) in [7, 11) is 0. The Labute approximate surface area is 126 Å². The molecule has 116 valence electrons. The van der Waals surface area contributed by atoms with Crippen LogP contribution in [0.25, 0.3) is 0 Å². The Bertz CT molecular complexity index is 437. The summed E-state index contributed by atoms with van der Waals surface area (Å²) in [5.74, 6) is 0.412. The molecular weight excluding hydrogens is 268 g/mol. The molecule has 0 N–H and O–H groups in total. The zero-order valence-corrected chi connectivity index (χ0v) is 13.0. The zero-order chi connectivity index (χ0) is 15.5. The average molecular weight is 292 g/mol. The number of allylic oxidation sites excluding steroid dienone is 1. The van der Waals surface area contributed by atoms with Crippen molar-refractivity contribution in [2.75, 3.05) is 13.2 Å². The molecule has 1 rings (SSSR count). The molecule has 0 aliphatic carbocycles. The van der Waals surface area contributed by atoms with E-state index in [-0.39, 0.29) is 18.9 Å². The summed E-state index contributed by atoms with van der Waals surface area (Å²) >= 11 is 0. The monoisotopic (exact) mass is 292 g/mol. The quantitative estimate of drug-likeness (QED) is 0.302. The summed E-state index contributed by atoms with van der Waals surface area (Å²) in [6.45, 7) is 6.25. The van der Waals surface area contributed by atoms with Gasteiger partial charge in [0.05, 0.1) is 6.61 Å². The number of aryl methyl sites for hydroxylation is 1. The highest BCUT2D eigenvalue weighted by atomic mass is 16.7. The minimum absolute atomic E-state index is 0.215. The second kappa shape index (κ2) is 10.00. The van der Waals surface area contributed by atoms with Crippen molar-refractivity contribution in [3.05, 3.63) is 42.0 Å². The maximum atomic E-state index is 11.1. The van der Waals surface area contributed by atoms with Crippen molar-refractivity contribution in [3.63, 3.8) is 0 Å². The lowest BCUT2D eigenvalue weighted by molar-refractivity contribution is -0.142. The number of esters is 1. The Hall–Kier alpha value is -1.81.